The van der Waals surface area contributed by atoms with Crippen LogP contribution < -0.4 is 33.2 Å². The summed E-state index contributed by atoms with van der Waals surface area (Å²) in [5.74, 6) is -4.50. The summed E-state index contributed by atoms with van der Waals surface area (Å²) in [7, 11) is 0. The lowest BCUT2D eigenvalue weighted by Gasteiger charge is -2.24. The third-order valence-corrected chi connectivity index (χ3v) is 5.14. The van der Waals surface area contributed by atoms with Crippen LogP contribution in [-0.4, -0.2) is 81.1 Å². The van der Waals surface area contributed by atoms with Gasteiger partial charge in [0.15, 0.2) is 0 Å². The van der Waals surface area contributed by atoms with Gasteiger partial charge in [-0.2, -0.15) is 12.6 Å². The minimum atomic E-state index is -1.39. The van der Waals surface area contributed by atoms with E-state index in [0.29, 0.717) is 25.1 Å². The van der Waals surface area contributed by atoms with E-state index in [2.05, 4.69) is 38.5 Å². The number of imidazole rings is 1. The van der Waals surface area contributed by atoms with Crippen LogP contribution in [0, 0.1) is 0 Å². The van der Waals surface area contributed by atoms with E-state index >= 15 is 0 Å². The monoisotopic (exact) mass is 500 g/mol. The van der Waals surface area contributed by atoms with Gasteiger partial charge >= 0.3 is 5.97 Å². The molecular formula is C19H32N8O6S. The molecule has 15 heteroatoms. The van der Waals surface area contributed by atoms with Crippen LogP contribution in [0.15, 0.2) is 12.5 Å². The first-order valence-electron chi connectivity index (χ1n) is 10.5. The zero-order valence-electron chi connectivity index (χ0n) is 18.5. The van der Waals surface area contributed by atoms with Crippen molar-refractivity contribution in [2.75, 3.05) is 12.3 Å². The molecule has 4 unspecified atom stereocenters. The molecule has 11 N–H and O–H groups in total. The molecule has 1 rings (SSSR count). The van der Waals surface area contributed by atoms with Gasteiger partial charge in [0.25, 0.3) is 0 Å². The van der Waals surface area contributed by atoms with Gasteiger partial charge in [-0.05, 0) is 25.8 Å². The van der Waals surface area contributed by atoms with Gasteiger partial charge in [-0.1, -0.05) is 0 Å². The number of aliphatic carboxylic acids is 1. The number of hydrogen-bond donors (Lipinski definition) is 9. The number of carboxylic acids is 1. The lowest BCUT2D eigenvalue weighted by Crippen LogP contribution is -2.58. The molecule has 190 valence electrons. The zero-order chi connectivity index (χ0) is 25.7. The molecule has 0 aromatic carbocycles. The van der Waals surface area contributed by atoms with Gasteiger partial charge in [0.05, 0.1) is 18.8 Å². The smallest absolute Gasteiger partial charge is 0.326 e. The standard InChI is InChI=1S/C19H32N8O6S/c20-4-2-1-3-12(17(30)27-14(19(32)33)5-10-7-23-9-24-10)25-18(31)13(6-15(22)28)26-16(29)11(21)8-34/h7,9,11-14,34H,1-6,8,20-21H2,(H2,22,28)(H,23,24)(H,25,31)(H,26,29)(H,27,30)(H,32,33). The van der Waals surface area contributed by atoms with Gasteiger partial charge < -0.3 is 43.2 Å². The summed E-state index contributed by atoms with van der Waals surface area (Å²) in [6.45, 7) is 0.349. The molecule has 0 radical (unpaired) electrons. The molecule has 1 aromatic heterocycles. The van der Waals surface area contributed by atoms with Gasteiger partial charge in [0, 0.05) is 24.1 Å². The number of rotatable bonds is 16. The van der Waals surface area contributed by atoms with Crippen LogP contribution in [0.2, 0.25) is 0 Å². The summed E-state index contributed by atoms with van der Waals surface area (Å²) in [6, 6.07) is -4.88. The fraction of sp³-hybridized carbons (Fsp3) is 0.579. The highest BCUT2D eigenvalue weighted by atomic mass is 32.1. The molecule has 0 bridgehead atoms. The molecule has 1 heterocycles. The highest BCUT2D eigenvalue weighted by Crippen LogP contribution is 2.06. The molecule has 4 atom stereocenters. The second kappa shape index (κ2) is 14.9. The summed E-state index contributed by atoms with van der Waals surface area (Å²) < 4.78 is 0. The molecule has 0 aliphatic rings. The Labute approximate surface area is 201 Å². The maximum absolute atomic E-state index is 12.9. The summed E-state index contributed by atoms with van der Waals surface area (Å²) in [4.78, 5) is 67.4. The number of hydrogen-bond acceptors (Lipinski definition) is 9. The maximum Gasteiger partial charge on any atom is 0.326 e. The minimum absolute atomic E-state index is 0.00618. The molecule has 34 heavy (non-hydrogen) atoms. The van der Waals surface area contributed by atoms with Crippen molar-refractivity contribution >= 4 is 42.2 Å². The Hall–Kier alpha value is -3.17. The topological polar surface area (TPSA) is 248 Å². The van der Waals surface area contributed by atoms with Gasteiger partial charge in [0.2, 0.25) is 23.6 Å². The number of nitrogens with two attached hydrogens (primary N) is 3. The molecule has 1 aromatic rings. The van der Waals surface area contributed by atoms with Crippen molar-refractivity contribution in [3.05, 3.63) is 18.2 Å². The Morgan fingerprint density at radius 1 is 1.03 bits per heavy atom. The quantitative estimate of drug-likeness (QED) is 0.0815. The summed E-state index contributed by atoms with van der Waals surface area (Å²) in [5.41, 5.74) is 16.8. The Morgan fingerprint density at radius 2 is 1.65 bits per heavy atom. The molecular weight excluding hydrogens is 468 g/mol. The van der Waals surface area contributed by atoms with Crippen LogP contribution in [0.5, 0.6) is 0 Å². The first kappa shape index (κ1) is 28.9. The molecule has 0 spiro atoms. The fourth-order valence-corrected chi connectivity index (χ4v) is 3.06. The summed E-state index contributed by atoms with van der Waals surface area (Å²) >= 11 is 3.91. The number of amides is 4. The van der Waals surface area contributed by atoms with E-state index in [9.17, 15) is 29.1 Å². The lowest BCUT2D eigenvalue weighted by molar-refractivity contribution is -0.142. The fourth-order valence-electron chi connectivity index (χ4n) is 2.89. The van der Waals surface area contributed by atoms with E-state index in [1.54, 1.807) is 0 Å². The number of aromatic amines is 1. The number of nitrogens with zero attached hydrogens (tertiary/aromatic N) is 1. The third kappa shape index (κ3) is 10.2. The molecule has 0 saturated heterocycles. The van der Waals surface area contributed by atoms with E-state index in [1.165, 1.54) is 12.5 Å². The lowest BCUT2D eigenvalue weighted by atomic mass is 10.1. The molecule has 0 saturated carbocycles. The number of carbonyl (C=O) groups is 5. The number of aromatic nitrogens is 2. The van der Waals surface area contributed by atoms with Crippen molar-refractivity contribution in [3.8, 4) is 0 Å². The van der Waals surface area contributed by atoms with Gasteiger partial charge in [-0.15, -0.1) is 0 Å². The van der Waals surface area contributed by atoms with Crippen LogP contribution in [-0.2, 0) is 30.4 Å². The SMILES string of the molecule is NCCCCC(NC(=O)C(CC(N)=O)NC(=O)C(N)CS)C(=O)NC(Cc1cnc[nH]1)C(=O)O. The zero-order valence-corrected chi connectivity index (χ0v) is 19.4. The van der Waals surface area contributed by atoms with E-state index in [-0.39, 0.29) is 18.6 Å². The number of thiol groups is 1. The Bertz CT molecular complexity index is 837. The molecule has 0 aliphatic carbocycles. The summed E-state index contributed by atoms with van der Waals surface area (Å²) in [5, 5.41) is 16.7. The van der Waals surface area contributed by atoms with Crippen LogP contribution in [0.25, 0.3) is 0 Å². The average Bonchev–Trinajstić information content (AvgIpc) is 3.29. The average molecular weight is 501 g/mol. The first-order valence-corrected chi connectivity index (χ1v) is 11.2. The van der Waals surface area contributed by atoms with Crippen LogP contribution in [0.4, 0.5) is 0 Å². The van der Waals surface area contributed by atoms with Gasteiger partial charge in [-0.25, -0.2) is 9.78 Å². The molecule has 14 nitrogen and oxygen atoms in total. The first-order chi connectivity index (χ1) is 16.1. The van der Waals surface area contributed by atoms with E-state index in [4.69, 9.17) is 17.2 Å². The van der Waals surface area contributed by atoms with Crippen molar-refractivity contribution in [1.82, 2.24) is 25.9 Å². The number of unbranched alkanes of at least 4 members (excludes halogenated alkanes) is 1. The number of primary amides is 1. The molecule has 4 amide bonds. The van der Waals surface area contributed by atoms with Gasteiger partial charge in [-0.3, -0.25) is 19.2 Å². The van der Waals surface area contributed by atoms with Crippen molar-refractivity contribution in [2.24, 2.45) is 17.2 Å². The van der Waals surface area contributed by atoms with Crippen molar-refractivity contribution < 1.29 is 29.1 Å². The Kier molecular flexibility index (Phi) is 12.6. The number of carboxylic acid groups (broad SMARTS) is 1. The van der Waals surface area contributed by atoms with Crippen LogP contribution in [0.1, 0.15) is 31.4 Å². The third-order valence-electron chi connectivity index (χ3n) is 4.75. The maximum atomic E-state index is 12.9. The molecule has 0 fully saturated rings. The second-order valence-corrected chi connectivity index (χ2v) is 7.91. The van der Waals surface area contributed by atoms with Crippen molar-refractivity contribution in [1.29, 1.82) is 0 Å². The summed E-state index contributed by atoms with van der Waals surface area (Å²) in [6.07, 6.45) is 3.34. The predicted octanol–water partition coefficient (Wildman–Crippen LogP) is -3.25. The van der Waals surface area contributed by atoms with Crippen molar-refractivity contribution in [2.45, 2.75) is 56.3 Å². The second-order valence-electron chi connectivity index (χ2n) is 7.55. The van der Waals surface area contributed by atoms with Crippen molar-refractivity contribution in [3.63, 3.8) is 0 Å². The van der Waals surface area contributed by atoms with E-state index in [1.807, 2.05) is 0 Å². The molecule has 0 aliphatic heterocycles. The largest absolute Gasteiger partial charge is 0.480 e. The number of H-pyrrole nitrogens is 1. The van der Waals surface area contributed by atoms with E-state index in [0.717, 1.165) is 0 Å². The Morgan fingerprint density at radius 3 is 2.18 bits per heavy atom. The predicted molar refractivity (Wildman–Crippen MR) is 124 cm³/mol. The highest BCUT2D eigenvalue weighted by molar-refractivity contribution is 7.80. The van der Waals surface area contributed by atoms with Crippen LogP contribution in [0.3, 0.4) is 0 Å². The number of nitrogens with one attached hydrogen (secondary N) is 4. The van der Waals surface area contributed by atoms with Gasteiger partial charge in [0.1, 0.15) is 18.1 Å². The minimum Gasteiger partial charge on any atom is -0.480 e. The van der Waals surface area contributed by atoms with E-state index < -0.39 is 60.2 Å². The Balaban J connectivity index is 2.97. The highest BCUT2D eigenvalue weighted by Gasteiger charge is 2.31. The number of carbonyl (C=O) groups excluding carboxylic acids is 4. The van der Waals surface area contributed by atoms with Crippen LogP contribution >= 0.6 is 12.6 Å². The normalized spacial score (nSPS) is 14.3.